The van der Waals surface area contributed by atoms with Gasteiger partial charge in [-0.3, -0.25) is 0 Å². The van der Waals surface area contributed by atoms with Gasteiger partial charge in [0.1, 0.15) is 0 Å². The van der Waals surface area contributed by atoms with Gasteiger partial charge in [-0.1, -0.05) is 13.0 Å². The van der Waals surface area contributed by atoms with E-state index in [0.717, 1.165) is 29.2 Å². The molecular formula is C14H19NO3. The summed E-state index contributed by atoms with van der Waals surface area (Å²) in [5.74, 6) is 1.95. The van der Waals surface area contributed by atoms with Gasteiger partial charge >= 0.3 is 0 Å². The second kappa shape index (κ2) is 4.78. The molecule has 2 heterocycles. The lowest BCUT2D eigenvalue weighted by atomic mass is 9.88. The van der Waals surface area contributed by atoms with E-state index in [-0.39, 0.29) is 13.4 Å². The van der Waals surface area contributed by atoms with Crippen molar-refractivity contribution in [1.82, 2.24) is 5.32 Å². The second-order valence-corrected chi connectivity index (χ2v) is 5.02. The van der Waals surface area contributed by atoms with Crippen molar-refractivity contribution in [3.05, 3.63) is 23.3 Å². The Hall–Kier alpha value is -1.26. The summed E-state index contributed by atoms with van der Waals surface area (Å²) in [6.45, 7) is 3.60. The number of hydrogen-bond donors (Lipinski definition) is 2. The van der Waals surface area contributed by atoms with Crippen molar-refractivity contribution in [1.29, 1.82) is 0 Å². The van der Waals surface area contributed by atoms with Crippen LogP contribution in [0, 0.1) is 0 Å². The fourth-order valence-electron chi connectivity index (χ4n) is 3.01. The Balaban J connectivity index is 2.00. The smallest absolute Gasteiger partial charge is 0.231 e. The number of fused-ring (bicyclic) bond motifs is 1. The molecule has 2 aliphatic heterocycles. The largest absolute Gasteiger partial charge is 0.454 e. The first-order valence-electron chi connectivity index (χ1n) is 6.57. The molecule has 3 rings (SSSR count). The fraction of sp³-hybridized carbons (Fsp3) is 0.571. The molecule has 1 saturated heterocycles. The molecule has 0 radical (unpaired) electrons. The molecule has 18 heavy (non-hydrogen) atoms. The topological polar surface area (TPSA) is 50.7 Å². The fourth-order valence-corrected chi connectivity index (χ4v) is 3.01. The Morgan fingerprint density at radius 2 is 2.33 bits per heavy atom. The number of aliphatic hydroxyl groups excluding tert-OH is 1. The summed E-state index contributed by atoms with van der Waals surface area (Å²) in [5, 5.41) is 13.0. The third kappa shape index (κ3) is 1.85. The van der Waals surface area contributed by atoms with E-state index in [0.29, 0.717) is 12.0 Å². The summed E-state index contributed by atoms with van der Waals surface area (Å²) in [5.41, 5.74) is 2.05. The molecule has 2 aliphatic rings. The quantitative estimate of drug-likeness (QED) is 0.857. The Kier molecular flexibility index (Phi) is 3.14. The van der Waals surface area contributed by atoms with Crippen LogP contribution >= 0.6 is 0 Å². The van der Waals surface area contributed by atoms with Crippen LogP contribution in [0.5, 0.6) is 11.5 Å². The van der Waals surface area contributed by atoms with Crippen LogP contribution in [-0.2, 0) is 6.61 Å². The van der Waals surface area contributed by atoms with Crippen LogP contribution in [-0.4, -0.2) is 24.5 Å². The van der Waals surface area contributed by atoms with Crippen molar-refractivity contribution in [2.45, 2.75) is 38.3 Å². The predicted molar refractivity (Wildman–Crippen MR) is 67.9 cm³/mol. The first-order chi connectivity index (χ1) is 8.81. The Morgan fingerprint density at radius 1 is 1.44 bits per heavy atom. The molecule has 2 N–H and O–H groups in total. The lowest BCUT2D eigenvalue weighted by Crippen LogP contribution is -2.28. The van der Waals surface area contributed by atoms with Gasteiger partial charge in [-0.2, -0.15) is 0 Å². The molecule has 1 aromatic rings. The molecule has 1 unspecified atom stereocenters. The van der Waals surface area contributed by atoms with Crippen molar-refractivity contribution in [2.75, 3.05) is 13.3 Å². The third-order valence-corrected chi connectivity index (χ3v) is 4.00. The summed E-state index contributed by atoms with van der Waals surface area (Å²) in [6, 6.07) is 4.28. The van der Waals surface area contributed by atoms with E-state index >= 15 is 0 Å². The summed E-state index contributed by atoms with van der Waals surface area (Å²) in [4.78, 5) is 0. The summed E-state index contributed by atoms with van der Waals surface area (Å²) in [7, 11) is 0. The molecule has 0 amide bonds. The Morgan fingerprint density at radius 3 is 3.06 bits per heavy atom. The molecule has 0 spiro atoms. The predicted octanol–water partition coefficient (Wildman–Crippen LogP) is 1.76. The van der Waals surface area contributed by atoms with Crippen LogP contribution in [0.2, 0.25) is 0 Å². The summed E-state index contributed by atoms with van der Waals surface area (Å²) >= 11 is 0. The lowest BCUT2D eigenvalue weighted by molar-refractivity contribution is 0.172. The van der Waals surface area contributed by atoms with Crippen LogP contribution in [0.15, 0.2) is 12.1 Å². The van der Waals surface area contributed by atoms with E-state index in [2.05, 4.69) is 12.2 Å². The highest BCUT2D eigenvalue weighted by atomic mass is 16.7. The molecule has 0 aliphatic carbocycles. The van der Waals surface area contributed by atoms with Gasteiger partial charge in [0.05, 0.1) is 6.61 Å². The normalized spacial score (nSPS) is 23.3. The van der Waals surface area contributed by atoms with E-state index in [4.69, 9.17) is 9.47 Å². The van der Waals surface area contributed by atoms with Crippen molar-refractivity contribution in [3.8, 4) is 11.5 Å². The number of aliphatic hydroxyl groups is 1. The first kappa shape index (κ1) is 11.8. The number of hydrogen-bond acceptors (Lipinski definition) is 4. The van der Waals surface area contributed by atoms with Crippen molar-refractivity contribution in [2.24, 2.45) is 0 Å². The van der Waals surface area contributed by atoms with Crippen LogP contribution < -0.4 is 14.8 Å². The van der Waals surface area contributed by atoms with Crippen LogP contribution in [0.1, 0.15) is 36.8 Å². The average molecular weight is 249 g/mol. The van der Waals surface area contributed by atoms with Gasteiger partial charge in [0.2, 0.25) is 6.79 Å². The zero-order chi connectivity index (χ0) is 12.5. The summed E-state index contributed by atoms with van der Waals surface area (Å²) < 4.78 is 11.0. The van der Waals surface area contributed by atoms with Gasteiger partial charge in [-0.15, -0.1) is 0 Å². The van der Waals surface area contributed by atoms with E-state index in [1.54, 1.807) is 0 Å². The van der Waals surface area contributed by atoms with Crippen molar-refractivity contribution in [3.63, 3.8) is 0 Å². The van der Waals surface area contributed by atoms with Crippen molar-refractivity contribution < 1.29 is 14.6 Å². The molecule has 0 bridgehead atoms. The molecule has 98 valence electrons. The second-order valence-electron chi connectivity index (χ2n) is 5.02. The lowest BCUT2D eigenvalue weighted by Gasteiger charge is -2.23. The van der Waals surface area contributed by atoms with E-state index in [1.807, 2.05) is 12.1 Å². The molecule has 4 nitrogen and oxygen atoms in total. The SMILES string of the molecule is CC(c1c(CO)ccc2c1OCO2)[C@@H]1CCCN1. The molecular weight excluding hydrogens is 230 g/mol. The standard InChI is InChI=1S/C14H19NO3/c1-9(11-3-2-6-15-11)13-10(7-16)4-5-12-14(13)18-8-17-12/h4-5,9,11,15-16H,2-3,6-8H2,1H3/t9?,11-/m0/s1. The van der Waals surface area contributed by atoms with Gasteiger partial charge in [0, 0.05) is 17.5 Å². The van der Waals surface area contributed by atoms with Gasteiger partial charge < -0.3 is 19.9 Å². The van der Waals surface area contributed by atoms with Crippen LogP contribution in [0.3, 0.4) is 0 Å². The molecule has 0 aromatic heterocycles. The zero-order valence-electron chi connectivity index (χ0n) is 10.6. The zero-order valence-corrected chi connectivity index (χ0v) is 10.6. The van der Waals surface area contributed by atoms with Gasteiger partial charge in [0.25, 0.3) is 0 Å². The molecule has 4 heteroatoms. The maximum absolute atomic E-state index is 9.52. The molecule has 1 fully saturated rings. The average Bonchev–Trinajstić information content (AvgIpc) is 3.06. The minimum absolute atomic E-state index is 0.0447. The maximum Gasteiger partial charge on any atom is 0.231 e. The monoisotopic (exact) mass is 249 g/mol. The number of nitrogens with one attached hydrogen (secondary N) is 1. The molecule has 0 saturated carbocycles. The van der Waals surface area contributed by atoms with E-state index in [1.165, 1.54) is 12.8 Å². The number of rotatable bonds is 3. The number of ether oxygens (including phenoxy) is 2. The highest BCUT2D eigenvalue weighted by Crippen LogP contribution is 2.43. The van der Waals surface area contributed by atoms with Crippen LogP contribution in [0.4, 0.5) is 0 Å². The minimum Gasteiger partial charge on any atom is -0.454 e. The van der Waals surface area contributed by atoms with Crippen molar-refractivity contribution >= 4 is 0 Å². The molecule has 1 aromatic carbocycles. The van der Waals surface area contributed by atoms with Crippen LogP contribution in [0.25, 0.3) is 0 Å². The Bertz CT molecular complexity index is 441. The third-order valence-electron chi connectivity index (χ3n) is 4.00. The molecule has 2 atom stereocenters. The minimum atomic E-state index is 0.0447. The van der Waals surface area contributed by atoms with E-state index in [9.17, 15) is 5.11 Å². The Labute approximate surface area is 107 Å². The number of benzene rings is 1. The maximum atomic E-state index is 9.52. The highest BCUT2D eigenvalue weighted by molar-refractivity contribution is 5.54. The highest BCUT2D eigenvalue weighted by Gasteiger charge is 2.30. The first-order valence-corrected chi connectivity index (χ1v) is 6.57. The summed E-state index contributed by atoms with van der Waals surface area (Å²) in [6.07, 6.45) is 2.40. The van der Waals surface area contributed by atoms with Gasteiger partial charge in [-0.25, -0.2) is 0 Å². The van der Waals surface area contributed by atoms with Gasteiger partial charge in [-0.05, 0) is 31.0 Å². The van der Waals surface area contributed by atoms with Gasteiger partial charge in [0.15, 0.2) is 11.5 Å². The van der Waals surface area contributed by atoms with E-state index < -0.39 is 0 Å².